The summed E-state index contributed by atoms with van der Waals surface area (Å²) in [4.78, 5) is 13.7. The molecule has 2 heterocycles. The molecule has 0 aliphatic carbocycles. The number of anilines is 1. The Morgan fingerprint density at radius 3 is 3.06 bits per heavy atom. The summed E-state index contributed by atoms with van der Waals surface area (Å²) >= 11 is 0. The van der Waals surface area contributed by atoms with Crippen molar-refractivity contribution in [2.24, 2.45) is 5.92 Å². The van der Waals surface area contributed by atoms with Crippen LogP contribution in [0.4, 0.5) is 11.5 Å². The molecular formula is C12H18N4O2. The van der Waals surface area contributed by atoms with E-state index in [1.807, 2.05) is 0 Å². The molecule has 0 amide bonds. The number of piperidine rings is 1. The maximum Gasteiger partial charge on any atom is 0.363 e. The highest BCUT2D eigenvalue weighted by Crippen LogP contribution is 2.15. The lowest BCUT2D eigenvalue weighted by atomic mass is 9.96. The number of aromatic nitrogens is 1. The van der Waals surface area contributed by atoms with Crippen LogP contribution in [0.5, 0.6) is 0 Å². The quantitative estimate of drug-likeness (QED) is 0.615. The second kappa shape index (κ2) is 6.30. The molecule has 18 heavy (non-hydrogen) atoms. The van der Waals surface area contributed by atoms with E-state index < -0.39 is 4.92 Å². The second-order valence-corrected chi connectivity index (χ2v) is 4.59. The van der Waals surface area contributed by atoms with Gasteiger partial charge in [-0.25, -0.2) is 0 Å². The summed E-state index contributed by atoms with van der Waals surface area (Å²) in [5.74, 6) is 0.620. The van der Waals surface area contributed by atoms with Gasteiger partial charge in [0.1, 0.15) is 0 Å². The molecule has 2 N–H and O–H groups in total. The zero-order chi connectivity index (χ0) is 12.8. The Labute approximate surface area is 106 Å². The van der Waals surface area contributed by atoms with Crippen LogP contribution in [0.1, 0.15) is 19.3 Å². The lowest BCUT2D eigenvalue weighted by Gasteiger charge is -2.22. The van der Waals surface area contributed by atoms with Gasteiger partial charge in [-0.15, -0.1) is 0 Å². The topological polar surface area (TPSA) is 80.1 Å². The van der Waals surface area contributed by atoms with Gasteiger partial charge in [0, 0.05) is 12.6 Å². The standard InChI is InChI=1S/C12H18N4O2/c17-16(18)12-4-3-11(9-15-12)14-7-5-10-2-1-6-13-8-10/h3-4,9-10,13-14H,1-2,5-8H2. The van der Waals surface area contributed by atoms with Gasteiger partial charge in [-0.2, -0.15) is 0 Å². The number of pyridine rings is 1. The number of nitrogens with zero attached hydrogens (tertiary/aromatic N) is 2. The van der Waals surface area contributed by atoms with E-state index in [-0.39, 0.29) is 5.82 Å². The molecule has 0 radical (unpaired) electrons. The smallest absolute Gasteiger partial charge is 0.363 e. The van der Waals surface area contributed by atoms with Crippen LogP contribution in [-0.4, -0.2) is 29.5 Å². The number of nitrogens with one attached hydrogen (secondary N) is 2. The van der Waals surface area contributed by atoms with Crippen LogP contribution >= 0.6 is 0 Å². The van der Waals surface area contributed by atoms with E-state index in [9.17, 15) is 10.1 Å². The van der Waals surface area contributed by atoms with Crippen LogP contribution in [0, 0.1) is 16.0 Å². The molecule has 1 saturated heterocycles. The third kappa shape index (κ3) is 3.66. The molecule has 0 bridgehead atoms. The van der Waals surface area contributed by atoms with E-state index in [1.54, 1.807) is 6.07 Å². The average molecular weight is 250 g/mol. The molecule has 1 atom stereocenters. The Morgan fingerprint density at radius 2 is 2.44 bits per heavy atom. The summed E-state index contributed by atoms with van der Waals surface area (Å²) < 4.78 is 0. The summed E-state index contributed by atoms with van der Waals surface area (Å²) in [5.41, 5.74) is 0.837. The van der Waals surface area contributed by atoms with Crippen molar-refractivity contribution >= 4 is 11.5 Å². The van der Waals surface area contributed by atoms with Gasteiger partial charge in [-0.05, 0) is 54.2 Å². The normalized spacial score (nSPS) is 19.4. The van der Waals surface area contributed by atoms with Crippen molar-refractivity contribution in [3.8, 4) is 0 Å². The lowest BCUT2D eigenvalue weighted by Crippen LogP contribution is -2.30. The largest absolute Gasteiger partial charge is 0.382 e. The molecule has 1 aromatic heterocycles. The first-order valence-corrected chi connectivity index (χ1v) is 6.31. The zero-order valence-electron chi connectivity index (χ0n) is 10.3. The average Bonchev–Trinajstić information content (AvgIpc) is 2.40. The van der Waals surface area contributed by atoms with Crippen molar-refractivity contribution < 1.29 is 4.92 Å². The van der Waals surface area contributed by atoms with Gasteiger partial charge in [0.25, 0.3) is 0 Å². The SMILES string of the molecule is O=[N+]([O-])c1ccc(NCCC2CCCNC2)cn1. The van der Waals surface area contributed by atoms with Crippen LogP contribution < -0.4 is 10.6 Å². The van der Waals surface area contributed by atoms with Crippen LogP contribution in [-0.2, 0) is 0 Å². The van der Waals surface area contributed by atoms with Crippen LogP contribution in [0.2, 0.25) is 0 Å². The third-order valence-electron chi connectivity index (χ3n) is 3.22. The van der Waals surface area contributed by atoms with E-state index in [0.29, 0.717) is 0 Å². The van der Waals surface area contributed by atoms with E-state index >= 15 is 0 Å². The first-order chi connectivity index (χ1) is 8.75. The molecule has 6 heteroatoms. The van der Waals surface area contributed by atoms with Gasteiger partial charge in [0.15, 0.2) is 6.20 Å². The first kappa shape index (κ1) is 12.8. The highest BCUT2D eigenvalue weighted by Gasteiger charge is 2.12. The molecule has 2 rings (SSSR count). The van der Waals surface area contributed by atoms with E-state index in [1.165, 1.54) is 25.1 Å². The van der Waals surface area contributed by atoms with E-state index in [2.05, 4.69) is 15.6 Å². The Hall–Kier alpha value is -1.69. The fourth-order valence-corrected chi connectivity index (χ4v) is 2.19. The molecular weight excluding hydrogens is 232 g/mol. The van der Waals surface area contributed by atoms with E-state index in [0.717, 1.165) is 37.7 Å². The summed E-state index contributed by atoms with van der Waals surface area (Å²) in [7, 11) is 0. The minimum atomic E-state index is -0.489. The first-order valence-electron chi connectivity index (χ1n) is 6.31. The second-order valence-electron chi connectivity index (χ2n) is 4.59. The predicted octanol–water partition coefficient (Wildman–Crippen LogP) is 1.79. The number of hydrogen-bond donors (Lipinski definition) is 2. The molecule has 1 aliphatic heterocycles. The minimum Gasteiger partial charge on any atom is -0.382 e. The maximum atomic E-state index is 10.4. The molecule has 1 aromatic rings. The predicted molar refractivity (Wildman–Crippen MR) is 69.6 cm³/mol. The van der Waals surface area contributed by atoms with Crippen molar-refractivity contribution in [2.45, 2.75) is 19.3 Å². The van der Waals surface area contributed by atoms with Gasteiger partial charge in [-0.3, -0.25) is 0 Å². The fourth-order valence-electron chi connectivity index (χ4n) is 2.19. The highest BCUT2D eigenvalue weighted by molar-refractivity contribution is 5.43. The molecule has 1 fully saturated rings. The highest BCUT2D eigenvalue weighted by atomic mass is 16.6. The zero-order valence-corrected chi connectivity index (χ0v) is 10.3. The van der Waals surface area contributed by atoms with Gasteiger partial charge in [0.05, 0.1) is 5.69 Å². The molecule has 1 aliphatic rings. The molecule has 0 spiro atoms. The van der Waals surface area contributed by atoms with E-state index in [4.69, 9.17) is 0 Å². The van der Waals surface area contributed by atoms with Gasteiger partial charge >= 0.3 is 5.82 Å². The number of hydrogen-bond acceptors (Lipinski definition) is 5. The summed E-state index contributed by atoms with van der Waals surface area (Å²) in [6.45, 7) is 3.11. The Kier molecular flexibility index (Phi) is 4.46. The van der Waals surface area contributed by atoms with Crippen molar-refractivity contribution in [3.63, 3.8) is 0 Å². The van der Waals surface area contributed by atoms with Gasteiger partial charge in [0.2, 0.25) is 0 Å². The third-order valence-corrected chi connectivity index (χ3v) is 3.22. The summed E-state index contributed by atoms with van der Waals surface area (Å²) in [6.07, 6.45) is 5.16. The van der Waals surface area contributed by atoms with Crippen molar-refractivity contribution in [2.75, 3.05) is 25.0 Å². The fraction of sp³-hybridized carbons (Fsp3) is 0.583. The molecule has 0 aromatic carbocycles. The number of rotatable bonds is 5. The van der Waals surface area contributed by atoms with Crippen LogP contribution in [0.25, 0.3) is 0 Å². The lowest BCUT2D eigenvalue weighted by molar-refractivity contribution is -0.389. The van der Waals surface area contributed by atoms with Crippen molar-refractivity contribution in [1.82, 2.24) is 10.3 Å². The molecule has 0 saturated carbocycles. The number of nitro groups is 1. The van der Waals surface area contributed by atoms with Crippen molar-refractivity contribution in [1.29, 1.82) is 0 Å². The molecule has 1 unspecified atom stereocenters. The van der Waals surface area contributed by atoms with Crippen molar-refractivity contribution in [3.05, 3.63) is 28.4 Å². The monoisotopic (exact) mass is 250 g/mol. The Bertz CT molecular complexity index is 388. The Balaban J connectivity index is 1.74. The van der Waals surface area contributed by atoms with Crippen LogP contribution in [0.3, 0.4) is 0 Å². The maximum absolute atomic E-state index is 10.4. The molecule has 98 valence electrons. The Morgan fingerprint density at radius 1 is 1.56 bits per heavy atom. The van der Waals surface area contributed by atoms with Gasteiger partial charge < -0.3 is 20.7 Å². The van der Waals surface area contributed by atoms with Gasteiger partial charge in [-0.1, -0.05) is 0 Å². The summed E-state index contributed by atoms with van der Waals surface area (Å²) in [5, 5.41) is 17.1. The minimum absolute atomic E-state index is 0.114. The molecule has 6 nitrogen and oxygen atoms in total. The van der Waals surface area contributed by atoms with Crippen LogP contribution in [0.15, 0.2) is 18.3 Å². The summed E-state index contributed by atoms with van der Waals surface area (Å²) in [6, 6.07) is 3.12.